The van der Waals surface area contributed by atoms with Gasteiger partial charge in [0.15, 0.2) is 5.17 Å². The van der Waals surface area contributed by atoms with Crippen LogP contribution in [0, 0.1) is 0 Å². The van der Waals surface area contributed by atoms with Crippen LogP contribution in [0.2, 0.25) is 0 Å². The van der Waals surface area contributed by atoms with E-state index in [1.54, 1.807) is 7.05 Å². The van der Waals surface area contributed by atoms with Crippen molar-refractivity contribution in [2.75, 3.05) is 27.7 Å². The Bertz CT molecular complexity index is 511. The van der Waals surface area contributed by atoms with E-state index >= 15 is 0 Å². The number of rotatable bonds is 4. The molecule has 0 aromatic carbocycles. The molecule has 21 heavy (non-hydrogen) atoms. The fourth-order valence-electron chi connectivity index (χ4n) is 1.99. The van der Waals surface area contributed by atoms with Crippen LogP contribution in [0.5, 0.6) is 0 Å². The lowest BCUT2D eigenvalue weighted by atomic mass is 9.98. The number of nitrogens with zero attached hydrogens (tertiary/aromatic N) is 2. The molecule has 3 N–H and O–H groups in total. The Balaban J connectivity index is 2.02. The van der Waals surface area contributed by atoms with Gasteiger partial charge in [0.25, 0.3) is 0 Å². The number of hydrogen-bond donors (Lipinski definition) is 3. The Morgan fingerprint density at radius 3 is 2.67 bits per heavy atom. The van der Waals surface area contributed by atoms with E-state index in [1.165, 1.54) is 25.9 Å². The van der Waals surface area contributed by atoms with Gasteiger partial charge in [0.05, 0.1) is 12.6 Å². The van der Waals surface area contributed by atoms with Crippen molar-refractivity contribution in [1.29, 1.82) is 0 Å². The largest absolute Gasteiger partial charge is 0.388 e. The van der Waals surface area contributed by atoms with Crippen LogP contribution >= 0.6 is 11.8 Å². The van der Waals surface area contributed by atoms with Crippen LogP contribution < -0.4 is 5.32 Å². The number of thioether (sulfide) groups is 1. The molecule has 122 valence electrons. The summed E-state index contributed by atoms with van der Waals surface area (Å²) in [5.41, 5.74) is -0.460. The summed E-state index contributed by atoms with van der Waals surface area (Å²) in [6.07, 6.45) is -3.31. The monoisotopic (exact) mass is 341 g/mol. The van der Waals surface area contributed by atoms with Crippen molar-refractivity contribution in [3.8, 4) is 0 Å². The highest BCUT2D eigenvalue weighted by atomic mass is 32.2. The Morgan fingerprint density at radius 2 is 2.10 bits per heavy atom. The van der Waals surface area contributed by atoms with Crippen molar-refractivity contribution < 1.29 is 27.6 Å². The standard InChI is InChI=1S/C10H19N3O6S2/c1-11-10-12-6-8(15)7(14)5(19-9(6)20-10)4-18-21(16,17)13(2)3/h5-9,14-15H,4H2,1-3H3,(H,11,12). The number of aliphatic imine (C=N–C) groups is 1. The third-order valence-electron chi connectivity index (χ3n) is 3.25. The molecule has 2 fully saturated rings. The zero-order chi connectivity index (χ0) is 15.8. The highest BCUT2D eigenvalue weighted by Gasteiger charge is 2.49. The van der Waals surface area contributed by atoms with Crippen LogP contribution in [0.3, 0.4) is 0 Å². The predicted octanol–water partition coefficient (Wildman–Crippen LogP) is -2.05. The van der Waals surface area contributed by atoms with Gasteiger partial charge >= 0.3 is 10.3 Å². The fourth-order valence-corrected chi connectivity index (χ4v) is 3.61. The molecule has 2 heterocycles. The van der Waals surface area contributed by atoms with Gasteiger partial charge in [-0.05, 0) is 0 Å². The molecule has 0 radical (unpaired) electrons. The van der Waals surface area contributed by atoms with Gasteiger partial charge in [-0.3, -0.25) is 9.18 Å². The van der Waals surface area contributed by atoms with Gasteiger partial charge in [0.2, 0.25) is 0 Å². The minimum Gasteiger partial charge on any atom is -0.388 e. The Kier molecular flexibility index (Phi) is 5.13. The second kappa shape index (κ2) is 6.36. The van der Waals surface area contributed by atoms with Gasteiger partial charge < -0.3 is 20.3 Å². The highest BCUT2D eigenvalue weighted by Crippen LogP contribution is 2.33. The second-order valence-electron chi connectivity index (χ2n) is 4.87. The molecule has 9 nitrogen and oxygen atoms in total. The first kappa shape index (κ1) is 16.9. The molecular formula is C10H19N3O6S2. The summed E-state index contributed by atoms with van der Waals surface area (Å²) in [7, 11) is 0.400. The van der Waals surface area contributed by atoms with E-state index in [0.717, 1.165) is 4.31 Å². The van der Waals surface area contributed by atoms with E-state index in [-0.39, 0.29) is 6.61 Å². The molecule has 0 saturated carbocycles. The maximum Gasteiger partial charge on any atom is 0.337 e. The average Bonchev–Trinajstić information content (AvgIpc) is 2.84. The lowest BCUT2D eigenvalue weighted by molar-refractivity contribution is -0.164. The van der Waals surface area contributed by atoms with Gasteiger partial charge in [0.1, 0.15) is 23.7 Å². The van der Waals surface area contributed by atoms with E-state index in [9.17, 15) is 18.6 Å². The van der Waals surface area contributed by atoms with Crippen molar-refractivity contribution in [3.63, 3.8) is 0 Å². The molecule has 0 spiro atoms. The molecule has 2 aliphatic rings. The van der Waals surface area contributed by atoms with E-state index in [0.29, 0.717) is 5.17 Å². The van der Waals surface area contributed by atoms with Gasteiger partial charge in [-0.25, -0.2) is 0 Å². The zero-order valence-corrected chi connectivity index (χ0v) is 13.5. The van der Waals surface area contributed by atoms with Crippen molar-refractivity contribution in [3.05, 3.63) is 0 Å². The molecule has 0 bridgehead atoms. The van der Waals surface area contributed by atoms with E-state index in [4.69, 9.17) is 8.92 Å². The maximum atomic E-state index is 11.6. The molecule has 0 aliphatic carbocycles. The van der Waals surface area contributed by atoms with Crippen molar-refractivity contribution in [2.24, 2.45) is 4.99 Å². The zero-order valence-electron chi connectivity index (χ0n) is 11.8. The van der Waals surface area contributed by atoms with Gasteiger partial charge in [0, 0.05) is 21.1 Å². The van der Waals surface area contributed by atoms with Crippen LogP contribution in [-0.2, 0) is 19.2 Å². The summed E-state index contributed by atoms with van der Waals surface area (Å²) in [4.78, 5) is 3.97. The minimum atomic E-state index is -3.86. The first-order chi connectivity index (χ1) is 9.76. The molecular weight excluding hydrogens is 322 g/mol. The number of fused-ring (bicyclic) bond motifs is 1. The van der Waals surface area contributed by atoms with E-state index < -0.39 is 40.1 Å². The lowest BCUT2D eigenvalue weighted by Gasteiger charge is -2.38. The molecule has 0 aromatic rings. The first-order valence-corrected chi connectivity index (χ1v) is 8.49. The van der Waals surface area contributed by atoms with Crippen LogP contribution in [-0.4, -0.2) is 85.6 Å². The Morgan fingerprint density at radius 1 is 1.43 bits per heavy atom. The third kappa shape index (κ3) is 3.50. The minimum absolute atomic E-state index is 0.374. The fraction of sp³-hybridized carbons (Fsp3) is 0.900. The normalized spacial score (nSPS) is 38.6. The number of aliphatic hydroxyl groups excluding tert-OH is 2. The molecule has 0 aromatic heterocycles. The van der Waals surface area contributed by atoms with Crippen molar-refractivity contribution >= 4 is 27.2 Å². The van der Waals surface area contributed by atoms with E-state index in [1.807, 2.05) is 0 Å². The molecule has 0 amide bonds. The Labute approximate surface area is 127 Å². The quantitative estimate of drug-likeness (QED) is 0.534. The number of amidine groups is 1. The van der Waals surface area contributed by atoms with Crippen LogP contribution in [0.25, 0.3) is 0 Å². The lowest BCUT2D eigenvalue weighted by Crippen LogP contribution is -2.60. The molecule has 2 aliphatic heterocycles. The highest BCUT2D eigenvalue weighted by molar-refractivity contribution is 8.14. The topological polar surface area (TPSA) is 121 Å². The third-order valence-corrected chi connectivity index (χ3v) is 5.74. The van der Waals surface area contributed by atoms with Gasteiger partial charge in [-0.1, -0.05) is 11.8 Å². The predicted molar refractivity (Wildman–Crippen MR) is 77.1 cm³/mol. The summed E-state index contributed by atoms with van der Waals surface area (Å²) >= 11 is 1.27. The smallest absolute Gasteiger partial charge is 0.337 e. The molecule has 2 rings (SSSR count). The molecule has 11 heteroatoms. The van der Waals surface area contributed by atoms with Crippen LogP contribution in [0.15, 0.2) is 4.99 Å². The van der Waals surface area contributed by atoms with E-state index in [2.05, 4.69) is 10.3 Å². The van der Waals surface area contributed by atoms with Crippen molar-refractivity contribution in [1.82, 2.24) is 9.62 Å². The summed E-state index contributed by atoms with van der Waals surface area (Å²) in [6, 6.07) is -0.495. The van der Waals surface area contributed by atoms with Crippen LogP contribution in [0.4, 0.5) is 0 Å². The SMILES string of the molecule is CN=C1NC2C(OC(COS(=O)(=O)N(C)C)C(O)C2O)S1. The molecule has 5 atom stereocenters. The van der Waals surface area contributed by atoms with Crippen LogP contribution in [0.1, 0.15) is 0 Å². The summed E-state index contributed by atoms with van der Waals surface area (Å²) in [5.74, 6) is 0. The number of aliphatic hydroxyl groups is 2. The number of nitrogens with one attached hydrogen (secondary N) is 1. The molecule has 2 saturated heterocycles. The summed E-state index contributed by atoms with van der Waals surface area (Å²) in [6.45, 7) is -0.374. The summed E-state index contributed by atoms with van der Waals surface area (Å²) in [5, 5.41) is 23.7. The Hall–Kier alpha value is -0.430. The number of hydrogen-bond acceptors (Lipinski definition) is 8. The average molecular weight is 341 g/mol. The molecule has 5 unspecified atom stereocenters. The first-order valence-electron chi connectivity index (χ1n) is 6.24. The number of ether oxygens (including phenoxy) is 1. The summed E-state index contributed by atoms with van der Waals surface area (Å²) < 4.78 is 34.4. The van der Waals surface area contributed by atoms with Gasteiger partial charge in [-0.2, -0.15) is 12.7 Å². The maximum absolute atomic E-state index is 11.6. The van der Waals surface area contributed by atoms with Crippen molar-refractivity contribution in [2.45, 2.75) is 29.8 Å². The second-order valence-corrected chi connectivity index (χ2v) is 7.77. The van der Waals surface area contributed by atoms with Gasteiger partial charge in [-0.15, -0.1) is 0 Å².